The molecule has 0 aliphatic heterocycles. The standard InChI is InChI=1S/C21H16Cl3NO3/c1-27-19-9-6-13(21(26)25-18-8-7-15(22)11-17(18)24)10-14(19)12-28-20-5-3-2-4-16(20)23/h2-11H,12H2,1H3,(H,25,26). The number of hydrogen-bond acceptors (Lipinski definition) is 3. The van der Waals surface area contributed by atoms with Gasteiger partial charge >= 0.3 is 0 Å². The van der Waals surface area contributed by atoms with Crippen molar-refractivity contribution in [3.63, 3.8) is 0 Å². The summed E-state index contributed by atoms with van der Waals surface area (Å²) in [6.07, 6.45) is 0. The van der Waals surface area contributed by atoms with Gasteiger partial charge in [0.15, 0.2) is 0 Å². The predicted molar refractivity (Wildman–Crippen MR) is 113 cm³/mol. The fourth-order valence-corrected chi connectivity index (χ4v) is 3.18. The monoisotopic (exact) mass is 435 g/mol. The van der Waals surface area contributed by atoms with Crippen LogP contribution in [-0.4, -0.2) is 13.0 Å². The predicted octanol–water partition coefficient (Wildman–Crippen LogP) is 6.49. The van der Waals surface area contributed by atoms with Crippen LogP contribution in [0.2, 0.25) is 15.1 Å². The minimum absolute atomic E-state index is 0.190. The summed E-state index contributed by atoms with van der Waals surface area (Å²) < 4.78 is 11.1. The third-order valence-electron chi connectivity index (χ3n) is 3.94. The van der Waals surface area contributed by atoms with Gasteiger partial charge in [0.05, 0.1) is 22.8 Å². The van der Waals surface area contributed by atoms with Crippen LogP contribution in [0, 0.1) is 0 Å². The van der Waals surface area contributed by atoms with E-state index >= 15 is 0 Å². The summed E-state index contributed by atoms with van der Waals surface area (Å²) in [7, 11) is 1.56. The second kappa shape index (κ2) is 9.20. The zero-order valence-electron chi connectivity index (χ0n) is 14.8. The molecule has 0 aromatic heterocycles. The molecule has 3 aromatic carbocycles. The summed E-state index contributed by atoms with van der Waals surface area (Å²) in [5.41, 5.74) is 1.61. The molecule has 0 saturated carbocycles. The molecule has 0 aliphatic rings. The molecular weight excluding hydrogens is 421 g/mol. The Bertz CT molecular complexity index is 1010. The number of nitrogens with one attached hydrogen (secondary N) is 1. The van der Waals surface area contributed by atoms with Gasteiger partial charge in [-0.3, -0.25) is 4.79 Å². The van der Waals surface area contributed by atoms with E-state index in [1.807, 2.05) is 12.1 Å². The first kappa shape index (κ1) is 20.3. The highest BCUT2D eigenvalue weighted by Crippen LogP contribution is 2.28. The minimum atomic E-state index is -0.314. The Kier molecular flexibility index (Phi) is 6.68. The zero-order valence-corrected chi connectivity index (χ0v) is 17.1. The highest BCUT2D eigenvalue weighted by molar-refractivity contribution is 6.36. The second-order valence-electron chi connectivity index (χ2n) is 5.82. The van der Waals surface area contributed by atoms with E-state index in [2.05, 4.69) is 5.32 Å². The van der Waals surface area contributed by atoms with Crippen LogP contribution in [0.1, 0.15) is 15.9 Å². The van der Waals surface area contributed by atoms with Crippen LogP contribution in [-0.2, 0) is 6.61 Å². The van der Waals surface area contributed by atoms with Crippen molar-refractivity contribution in [3.05, 3.63) is 86.9 Å². The van der Waals surface area contributed by atoms with Crippen LogP contribution in [0.25, 0.3) is 0 Å². The van der Waals surface area contributed by atoms with Crippen molar-refractivity contribution in [1.82, 2.24) is 0 Å². The lowest BCUT2D eigenvalue weighted by atomic mass is 10.1. The summed E-state index contributed by atoms with van der Waals surface area (Å²) in [4.78, 5) is 12.6. The fourth-order valence-electron chi connectivity index (χ4n) is 2.54. The molecule has 0 heterocycles. The number of anilines is 1. The molecule has 0 fully saturated rings. The largest absolute Gasteiger partial charge is 0.496 e. The highest BCUT2D eigenvalue weighted by Gasteiger charge is 2.13. The number of methoxy groups -OCH3 is 1. The van der Waals surface area contributed by atoms with Gasteiger partial charge in [0.2, 0.25) is 0 Å². The molecular formula is C21H16Cl3NO3. The van der Waals surface area contributed by atoms with Crippen LogP contribution in [0.15, 0.2) is 60.7 Å². The van der Waals surface area contributed by atoms with Gasteiger partial charge in [-0.05, 0) is 48.5 Å². The number of rotatable bonds is 6. The van der Waals surface area contributed by atoms with E-state index in [1.54, 1.807) is 55.6 Å². The maximum atomic E-state index is 12.6. The molecule has 144 valence electrons. The molecule has 7 heteroatoms. The first-order valence-electron chi connectivity index (χ1n) is 8.28. The molecule has 0 radical (unpaired) electrons. The summed E-state index contributed by atoms with van der Waals surface area (Å²) in [6.45, 7) is 0.190. The molecule has 3 aromatic rings. The quantitative estimate of drug-likeness (QED) is 0.480. The Labute approximate surface area is 177 Å². The van der Waals surface area contributed by atoms with Crippen molar-refractivity contribution in [2.75, 3.05) is 12.4 Å². The van der Waals surface area contributed by atoms with Crippen molar-refractivity contribution in [1.29, 1.82) is 0 Å². The average molecular weight is 437 g/mol. The Balaban J connectivity index is 1.79. The average Bonchev–Trinajstić information content (AvgIpc) is 2.69. The summed E-state index contributed by atoms with van der Waals surface area (Å²) >= 11 is 18.1. The number of ether oxygens (including phenoxy) is 2. The Morgan fingerprint density at radius 1 is 0.929 bits per heavy atom. The van der Waals surface area contributed by atoms with Crippen molar-refractivity contribution in [2.45, 2.75) is 6.61 Å². The maximum Gasteiger partial charge on any atom is 0.255 e. The van der Waals surface area contributed by atoms with Gasteiger partial charge in [0.25, 0.3) is 5.91 Å². The van der Waals surface area contributed by atoms with Gasteiger partial charge in [0, 0.05) is 16.1 Å². The Hall–Kier alpha value is -2.40. The summed E-state index contributed by atoms with van der Waals surface area (Å²) in [5.74, 6) is 0.841. The van der Waals surface area contributed by atoms with Crippen molar-refractivity contribution in [2.24, 2.45) is 0 Å². The van der Waals surface area contributed by atoms with Crippen LogP contribution in [0.5, 0.6) is 11.5 Å². The summed E-state index contributed by atoms with van der Waals surface area (Å²) in [6, 6.07) is 17.1. The molecule has 0 saturated heterocycles. The molecule has 1 amide bonds. The molecule has 1 N–H and O–H groups in total. The lowest BCUT2D eigenvalue weighted by Crippen LogP contribution is -2.13. The third-order valence-corrected chi connectivity index (χ3v) is 4.80. The smallest absolute Gasteiger partial charge is 0.255 e. The van der Waals surface area contributed by atoms with E-state index in [9.17, 15) is 4.79 Å². The van der Waals surface area contributed by atoms with Gasteiger partial charge in [-0.25, -0.2) is 0 Å². The van der Waals surface area contributed by atoms with Crippen LogP contribution in [0.3, 0.4) is 0 Å². The number of halogens is 3. The SMILES string of the molecule is COc1ccc(C(=O)Nc2ccc(Cl)cc2Cl)cc1COc1ccccc1Cl. The number of carbonyl (C=O) groups excluding carboxylic acids is 1. The maximum absolute atomic E-state index is 12.6. The summed E-state index contributed by atoms with van der Waals surface area (Å²) in [5, 5.41) is 4.13. The fraction of sp³-hybridized carbons (Fsp3) is 0.0952. The Morgan fingerprint density at radius 2 is 1.71 bits per heavy atom. The number of benzene rings is 3. The molecule has 3 rings (SSSR count). The van der Waals surface area contributed by atoms with Gasteiger partial charge in [-0.2, -0.15) is 0 Å². The molecule has 0 atom stereocenters. The number of carbonyl (C=O) groups is 1. The van der Waals surface area contributed by atoms with Crippen LogP contribution in [0.4, 0.5) is 5.69 Å². The van der Waals surface area contributed by atoms with Crippen LogP contribution < -0.4 is 14.8 Å². The molecule has 0 aliphatic carbocycles. The molecule has 0 unspecified atom stereocenters. The van der Waals surface area contributed by atoms with E-state index in [4.69, 9.17) is 44.3 Å². The van der Waals surface area contributed by atoms with Gasteiger partial charge < -0.3 is 14.8 Å². The van der Waals surface area contributed by atoms with E-state index in [1.165, 1.54) is 0 Å². The topological polar surface area (TPSA) is 47.6 Å². The van der Waals surface area contributed by atoms with Crippen molar-refractivity contribution in [3.8, 4) is 11.5 Å². The normalized spacial score (nSPS) is 10.4. The Morgan fingerprint density at radius 3 is 2.43 bits per heavy atom. The molecule has 0 bridgehead atoms. The number of para-hydroxylation sites is 1. The van der Waals surface area contributed by atoms with Gasteiger partial charge in [-0.15, -0.1) is 0 Å². The molecule has 4 nitrogen and oxygen atoms in total. The van der Waals surface area contributed by atoms with E-state index in [-0.39, 0.29) is 12.5 Å². The van der Waals surface area contributed by atoms with E-state index < -0.39 is 0 Å². The number of amides is 1. The third kappa shape index (κ3) is 4.90. The zero-order chi connectivity index (χ0) is 20.1. The lowest BCUT2D eigenvalue weighted by Gasteiger charge is -2.13. The van der Waals surface area contributed by atoms with E-state index in [0.717, 1.165) is 0 Å². The highest BCUT2D eigenvalue weighted by atomic mass is 35.5. The van der Waals surface area contributed by atoms with Crippen LogP contribution >= 0.6 is 34.8 Å². The first-order valence-corrected chi connectivity index (χ1v) is 9.42. The number of hydrogen-bond donors (Lipinski definition) is 1. The second-order valence-corrected chi connectivity index (χ2v) is 7.07. The molecule has 28 heavy (non-hydrogen) atoms. The van der Waals surface area contributed by atoms with Crippen molar-refractivity contribution >= 4 is 46.4 Å². The first-order chi connectivity index (χ1) is 13.5. The van der Waals surface area contributed by atoms with Gasteiger partial charge in [0.1, 0.15) is 18.1 Å². The molecule has 0 spiro atoms. The van der Waals surface area contributed by atoms with Gasteiger partial charge in [-0.1, -0.05) is 46.9 Å². The van der Waals surface area contributed by atoms with Crippen molar-refractivity contribution < 1.29 is 14.3 Å². The lowest BCUT2D eigenvalue weighted by molar-refractivity contribution is 0.102. The minimum Gasteiger partial charge on any atom is -0.496 e. The van der Waals surface area contributed by atoms with E-state index in [0.29, 0.717) is 43.4 Å².